The van der Waals surface area contributed by atoms with Gasteiger partial charge in [-0.2, -0.15) is 5.10 Å². The van der Waals surface area contributed by atoms with Crippen LogP contribution in [-0.2, 0) is 33.3 Å². The van der Waals surface area contributed by atoms with Crippen LogP contribution in [0.25, 0.3) is 0 Å². The number of hydrogen-bond acceptors (Lipinski definition) is 5. The smallest absolute Gasteiger partial charge is 0.198 e. The number of hydrogen-bond donors (Lipinski definition) is 1. The molecule has 118 valence electrons. The Morgan fingerprint density at radius 1 is 1.36 bits per heavy atom. The molecule has 2 aromatic rings. The highest BCUT2D eigenvalue weighted by Crippen LogP contribution is 2.24. The largest absolute Gasteiger partial charge is 0.497 e. The maximum Gasteiger partial charge on any atom is 0.198 e. The molecule has 0 radical (unpaired) electrons. The first kappa shape index (κ1) is 15.2. The van der Waals surface area contributed by atoms with Crippen molar-refractivity contribution in [2.45, 2.75) is 26.2 Å². The third-order valence-electron chi connectivity index (χ3n) is 4.11. The fraction of sp³-hybridized carbons (Fsp3) is 0.467. The van der Waals surface area contributed by atoms with Crippen molar-refractivity contribution in [2.24, 2.45) is 7.05 Å². The van der Waals surface area contributed by atoms with Gasteiger partial charge in [-0.25, -0.2) is 4.68 Å². The van der Waals surface area contributed by atoms with Gasteiger partial charge in [0.25, 0.3) is 0 Å². The summed E-state index contributed by atoms with van der Waals surface area (Å²) < 4.78 is 9.44. The van der Waals surface area contributed by atoms with Gasteiger partial charge < -0.3 is 14.4 Å². The van der Waals surface area contributed by atoms with Gasteiger partial charge in [-0.1, -0.05) is 6.07 Å². The highest BCUT2D eigenvalue weighted by atomic mass is 32.1. The molecule has 0 spiro atoms. The minimum atomic E-state index is -0.104. The van der Waals surface area contributed by atoms with Crippen molar-refractivity contribution >= 4 is 12.2 Å². The minimum absolute atomic E-state index is 0.104. The number of aliphatic hydroxyl groups is 1. The van der Waals surface area contributed by atoms with E-state index in [1.165, 1.54) is 11.1 Å². The molecule has 0 saturated heterocycles. The van der Waals surface area contributed by atoms with Gasteiger partial charge in [0, 0.05) is 20.1 Å². The van der Waals surface area contributed by atoms with Crippen molar-refractivity contribution < 1.29 is 9.84 Å². The van der Waals surface area contributed by atoms with E-state index in [1.54, 1.807) is 16.4 Å². The Morgan fingerprint density at radius 3 is 2.86 bits per heavy atom. The Morgan fingerprint density at radius 2 is 2.18 bits per heavy atom. The zero-order valence-corrected chi connectivity index (χ0v) is 13.6. The molecular weight excluding hydrogens is 300 g/mol. The Labute approximate surface area is 134 Å². The number of aliphatic hydroxyl groups excluding tert-OH is 1. The summed E-state index contributed by atoms with van der Waals surface area (Å²) >= 11 is 5.37. The fourth-order valence-corrected chi connectivity index (χ4v) is 3.00. The maximum atomic E-state index is 9.28. The highest BCUT2D eigenvalue weighted by Gasteiger charge is 2.18. The van der Waals surface area contributed by atoms with E-state index >= 15 is 0 Å². The lowest BCUT2D eigenvalue weighted by molar-refractivity contribution is 0.186. The number of rotatable bonds is 4. The monoisotopic (exact) mass is 320 g/mol. The maximum absolute atomic E-state index is 9.28. The van der Waals surface area contributed by atoms with Crippen molar-refractivity contribution in [3.05, 3.63) is 39.9 Å². The summed E-state index contributed by atoms with van der Waals surface area (Å²) in [6, 6.07) is 6.25. The summed E-state index contributed by atoms with van der Waals surface area (Å²) in [5.41, 5.74) is 2.66. The van der Waals surface area contributed by atoms with Gasteiger partial charge in [0.05, 0.1) is 13.8 Å². The quantitative estimate of drug-likeness (QED) is 0.865. The number of ether oxygens (including phenoxy) is 1. The molecule has 1 aromatic carbocycles. The van der Waals surface area contributed by atoms with Crippen molar-refractivity contribution in [3.63, 3.8) is 0 Å². The van der Waals surface area contributed by atoms with Crippen LogP contribution in [-0.4, -0.2) is 38.0 Å². The molecule has 0 amide bonds. The number of nitrogens with zero attached hydrogens (tertiary/aromatic N) is 4. The van der Waals surface area contributed by atoms with Crippen LogP contribution in [0.2, 0.25) is 0 Å². The molecule has 22 heavy (non-hydrogen) atoms. The van der Waals surface area contributed by atoms with E-state index in [2.05, 4.69) is 22.1 Å². The van der Waals surface area contributed by atoms with Crippen molar-refractivity contribution in [3.8, 4) is 5.75 Å². The molecule has 6 nitrogen and oxygen atoms in total. The molecule has 0 unspecified atom stereocenters. The summed E-state index contributed by atoms with van der Waals surface area (Å²) in [6.07, 6.45) is 1.01. The van der Waals surface area contributed by atoms with E-state index in [-0.39, 0.29) is 6.61 Å². The fourth-order valence-electron chi connectivity index (χ4n) is 2.79. The summed E-state index contributed by atoms with van der Waals surface area (Å²) in [4.78, 5) is 2.30. The average Bonchev–Trinajstić information content (AvgIpc) is 2.82. The van der Waals surface area contributed by atoms with Crippen LogP contribution in [0.5, 0.6) is 5.75 Å². The second kappa shape index (κ2) is 6.20. The SMILES string of the molecule is COc1ccc2c(c1)CN(Cn1nc(CO)n(C)c1=S)CC2. The summed E-state index contributed by atoms with van der Waals surface area (Å²) in [7, 11) is 3.51. The Bertz CT molecular complexity index is 738. The normalized spacial score (nSPS) is 14.9. The molecule has 3 rings (SSSR count). The van der Waals surface area contributed by atoms with Crippen LogP contribution in [0.4, 0.5) is 0 Å². The lowest BCUT2D eigenvalue weighted by Crippen LogP contribution is -2.32. The predicted molar refractivity (Wildman–Crippen MR) is 85.1 cm³/mol. The van der Waals surface area contributed by atoms with Gasteiger partial charge in [-0.3, -0.25) is 4.90 Å². The van der Waals surface area contributed by atoms with E-state index < -0.39 is 0 Å². The molecule has 0 bridgehead atoms. The molecule has 1 N–H and O–H groups in total. The van der Waals surface area contributed by atoms with Crippen molar-refractivity contribution in [2.75, 3.05) is 13.7 Å². The Kier molecular flexibility index (Phi) is 4.28. The third-order valence-corrected chi connectivity index (χ3v) is 4.60. The second-order valence-electron chi connectivity index (χ2n) is 5.49. The predicted octanol–water partition coefficient (Wildman–Crippen LogP) is 1.47. The van der Waals surface area contributed by atoms with Crippen molar-refractivity contribution in [1.82, 2.24) is 19.2 Å². The van der Waals surface area contributed by atoms with Gasteiger partial charge >= 0.3 is 0 Å². The molecule has 0 atom stereocenters. The molecule has 1 aliphatic heterocycles. The zero-order chi connectivity index (χ0) is 15.7. The van der Waals surface area contributed by atoms with Gasteiger partial charge in [-0.15, -0.1) is 0 Å². The third kappa shape index (κ3) is 2.79. The highest BCUT2D eigenvalue weighted by molar-refractivity contribution is 7.71. The van der Waals surface area contributed by atoms with E-state index in [4.69, 9.17) is 17.0 Å². The number of methoxy groups -OCH3 is 1. The molecule has 1 aromatic heterocycles. The molecule has 0 fully saturated rings. The molecule has 2 heterocycles. The molecule has 1 aliphatic rings. The number of benzene rings is 1. The van der Waals surface area contributed by atoms with Crippen LogP contribution in [0.15, 0.2) is 18.2 Å². The first-order valence-electron chi connectivity index (χ1n) is 7.24. The minimum Gasteiger partial charge on any atom is -0.497 e. The topological polar surface area (TPSA) is 55.4 Å². The summed E-state index contributed by atoms with van der Waals surface area (Å²) in [5, 5.41) is 13.7. The van der Waals surface area contributed by atoms with E-state index in [0.29, 0.717) is 17.3 Å². The van der Waals surface area contributed by atoms with Crippen LogP contribution in [0.1, 0.15) is 17.0 Å². The van der Waals surface area contributed by atoms with Gasteiger partial charge in [0.1, 0.15) is 12.4 Å². The van der Waals surface area contributed by atoms with Crippen LogP contribution >= 0.6 is 12.2 Å². The molecule has 0 aliphatic carbocycles. The Balaban J connectivity index is 1.79. The van der Waals surface area contributed by atoms with Gasteiger partial charge in [0.15, 0.2) is 10.6 Å². The van der Waals surface area contributed by atoms with Gasteiger partial charge in [-0.05, 0) is 41.9 Å². The molecule has 7 heteroatoms. The lowest BCUT2D eigenvalue weighted by atomic mass is 10.00. The average molecular weight is 320 g/mol. The standard InChI is InChI=1S/C15H20N4O2S/c1-17-14(9-20)16-19(15(17)22)10-18-6-5-11-3-4-13(21-2)7-12(11)8-18/h3-4,7,20H,5-6,8-10H2,1-2H3. The van der Waals surface area contributed by atoms with E-state index in [0.717, 1.165) is 25.3 Å². The summed E-state index contributed by atoms with van der Waals surface area (Å²) in [6.45, 7) is 2.34. The number of aromatic nitrogens is 3. The zero-order valence-electron chi connectivity index (χ0n) is 12.8. The number of fused-ring (bicyclic) bond motifs is 1. The van der Waals surface area contributed by atoms with Gasteiger partial charge in [0.2, 0.25) is 0 Å². The molecule has 0 saturated carbocycles. The first-order chi connectivity index (χ1) is 10.6. The van der Waals surface area contributed by atoms with E-state index in [1.807, 2.05) is 13.1 Å². The lowest BCUT2D eigenvalue weighted by Gasteiger charge is -2.28. The van der Waals surface area contributed by atoms with Crippen molar-refractivity contribution in [1.29, 1.82) is 0 Å². The molecular formula is C15H20N4O2S. The van der Waals surface area contributed by atoms with Crippen LogP contribution < -0.4 is 4.74 Å². The first-order valence-corrected chi connectivity index (χ1v) is 7.65. The second-order valence-corrected chi connectivity index (χ2v) is 5.86. The van der Waals surface area contributed by atoms with Crippen LogP contribution in [0, 0.1) is 4.77 Å². The Hall–Kier alpha value is -1.70. The van der Waals surface area contributed by atoms with Crippen LogP contribution in [0.3, 0.4) is 0 Å². The van der Waals surface area contributed by atoms with E-state index in [9.17, 15) is 5.11 Å². The summed E-state index contributed by atoms with van der Waals surface area (Å²) in [5.74, 6) is 1.47.